The van der Waals surface area contributed by atoms with Crippen molar-refractivity contribution in [2.45, 2.75) is 12.8 Å². The van der Waals surface area contributed by atoms with Crippen molar-refractivity contribution in [1.29, 1.82) is 0 Å². The number of phenols is 1. The molecule has 1 heterocycles. The number of carbonyl (C=O) groups is 2. The molecular weight excluding hydrogens is 278 g/mol. The number of aromatic hydroxyl groups is 1. The van der Waals surface area contributed by atoms with Crippen LogP contribution < -0.4 is 5.32 Å². The fourth-order valence-electron chi connectivity index (χ4n) is 1.70. The van der Waals surface area contributed by atoms with Gasteiger partial charge in [-0.1, -0.05) is 6.07 Å². The average Bonchev–Trinajstić information content (AvgIpc) is 2.91. The highest BCUT2D eigenvalue weighted by Gasteiger charge is 2.11. The van der Waals surface area contributed by atoms with Gasteiger partial charge in [0.25, 0.3) is 0 Å². The lowest BCUT2D eigenvalue weighted by molar-refractivity contribution is -0.116. The lowest BCUT2D eigenvalue weighted by Crippen LogP contribution is -2.12. The fraction of sp³-hybridized carbons (Fsp3) is 0.143. The molecule has 1 amide bonds. The van der Waals surface area contributed by atoms with Crippen LogP contribution in [0.15, 0.2) is 35.7 Å². The van der Waals surface area contributed by atoms with Gasteiger partial charge in [0.05, 0.1) is 0 Å². The molecule has 0 saturated heterocycles. The number of benzene rings is 1. The first-order valence-electron chi connectivity index (χ1n) is 5.95. The minimum Gasteiger partial charge on any atom is -0.507 e. The van der Waals surface area contributed by atoms with E-state index in [-0.39, 0.29) is 17.2 Å². The highest BCUT2D eigenvalue weighted by molar-refractivity contribution is 7.09. The van der Waals surface area contributed by atoms with E-state index in [2.05, 4.69) is 5.32 Å². The molecule has 0 aliphatic rings. The highest BCUT2D eigenvalue weighted by atomic mass is 32.1. The van der Waals surface area contributed by atoms with Crippen molar-refractivity contribution in [3.8, 4) is 5.75 Å². The summed E-state index contributed by atoms with van der Waals surface area (Å²) in [6.45, 7) is 0. The molecule has 1 aromatic heterocycles. The number of aromatic carboxylic acids is 1. The van der Waals surface area contributed by atoms with Gasteiger partial charge in [0.2, 0.25) is 5.91 Å². The van der Waals surface area contributed by atoms with E-state index in [1.165, 1.54) is 18.2 Å². The molecule has 6 heteroatoms. The first kappa shape index (κ1) is 14.1. The molecule has 0 unspecified atom stereocenters. The van der Waals surface area contributed by atoms with Gasteiger partial charge in [-0.3, -0.25) is 4.79 Å². The smallest absolute Gasteiger partial charge is 0.339 e. The van der Waals surface area contributed by atoms with E-state index in [1.54, 1.807) is 11.3 Å². The summed E-state index contributed by atoms with van der Waals surface area (Å²) in [5, 5.41) is 22.8. The highest BCUT2D eigenvalue weighted by Crippen LogP contribution is 2.21. The Morgan fingerprint density at radius 1 is 1.25 bits per heavy atom. The van der Waals surface area contributed by atoms with Crippen LogP contribution in [-0.2, 0) is 11.2 Å². The summed E-state index contributed by atoms with van der Waals surface area (Å²) in [4.78, 5) is 23.7. The molecular formula is C14H13NO4S. The standard InChI is InChI=1S/C14H13NO4S/c16-12-5-3-9(8-11(12)14(18)19)15-13(17)6-4-10-2-1-7-20-10/h1-3,5,7-8,16H,4,6H2,(H,15,17)(H,18,19). The van der Waals surface area contributed by atoms with Crippen LogP contribution in [0, 0.1) is 0 Å². The van der Waals surface area contributed by atoms with Gasteiger partial charge < -0.3 is 15.5 Å². The molecule has 0 radical (unpaired) electrons. The zero-order valence-corrected chi connectivity index (χ0v) is 11.3. The van der Waals surface area contributed by atoms with E-state index < -0.39 is 5.97 Å². The summed E-state index contributed by atoms with van der Waals surface area (Å²) < 4.78 is 0. The summed E-state index contributed by atoms with van der Waals surface area (Å²) in [5.41, 5.74) is 0.123. The Labute approximate surface area is 119 Å². The summed E-state index contributed by atoms with van der Waals surface area (Å²) in [6.07, 6.45) is 0.969. The third-order valence-electron chi connectivity index (χ3n) is 2.69. The molecule has 20 heavy (non-hydrogen) atoms. The molecule has 2 rings (SSSR count). The minimum absolute atomic E-state index is 0.194. The van der Waals surface area contributed by atoms with E-state index in [0.29, 0.717) is 18.5 Å². The molecule has 0 atom stereocenters. The Bertz CT molecular complexity index is 622. The van der Waals surface area contributed by atoms with Crippen molar-refractivity contribution in [2.75, 3.05) is 5.32 Å². The largest absolute Gasteiger partial charge is 0.507 e. The Kier molecular flexibility index (Phi) is 4.37. The minimum atomic E-state index is -1.24. The first-order chi connectivity index (χ1) is 9.56. The predicted molar refractivity (Wildman–Crippen MR) is 76.3 cm³/mol. The topological polar surface area (TPSA) is 86.6 Å². The van der Waals surface area contributed by atoms with E-state index in [0.717, 1.165) is 4.88 Å². The van der Waals surface area contributed by atoms with Gasteiger partial charge >= 0.3 is 5.97 Å². The van der Waals surface area contributed by atoms with Crippen molar-refractivity contribution in [2.24, 2.45) is 0 Å². The maximum absolute atomic E-state index is 11.8. The second-order valence-corrected chi connectivity index (χ2v) is 5.20. The lowest BCUT2D eigenvalue weighted by atomic mass is 10.1. The number of amides is 1. The Morgan fingerprint density at radius 3 is 2.70 bits per heavy atom. The normalized spacial score (nSPS) is 10.2. The summed E-state index contributed by atoms with van der Waals surface area (Å²) in [6, 6.07) is 7.84. The molecule has 0 aliphatic heterocycles. The Balaban J connectivity index is 1.97. The molecule has 3 N–H and O–H groups in total. The van der Waals surface area contributed by atoms with Crippen molar-refractivity contribution in [3.63, 3.8) is 0 Å². The summed E-state index contributed by atoms with van der Waals surface area (Å²) >= 11 is 1.59. The maximum atomic E-state index is 11.8. The number of hydrogen-bond acceptors (Lipinski definition) is 4. The molecule has 0 bridgehead atoms. The molecule has 0 fully saturated rings. The number of carboxylic acids is 1. The quantitative estimate of drug-likeness (QED) is 0.739. The Morgan fingerprint density at radius 2 is 2.05 bits per heavy atom. The Hall–Kier alpha value is -2.34. The van der Waals surface area contributed by atoms with Gasteiger partial charge in [0, 0.05) is 17.0 Å². The third-order valence-corrected chi connectivity index (χ3v) is 3.63. The van der Waals surface area contributed by atoms with Crippen LogP contribution in [0.25, 0.3) is 0 Å². The van der Waals surface area contributed by atoms with Crippen LogP contribution in [0.3, 0.4) is 0 Å². The van der Waals surface area contributed by atoms with Crippen molar-refractivity contribution < 1.29 is 19.8 Å². The van der Waals surface area contributed by atoms with Gasteiger partial charge in [-0.25, -0.2) is 4.79 Å². The predicted octanol–water partition coefficient (Wildman–Crippen LogP) is 2.72. The summed E-state index contributed by atoms with van der Waals surface area (Å²) in [7, 11) is 0. The third kappa shape index (κ3) is 3.58. The number of hydrogen-bond donors (Lipinski definition) is 3. The van der Waals surface area contributed by atoms with Crippen molar-refractivity contribution in [3.05, 3.63) is 46.2 Å². The van der Waals surface area contributed by atoms with Gasteiger partial charge in [-0.05, 0) is 36.1 Å². The van der Waals surface area contributed by atoms with Crippen LogP contribution >= 0.6 is 11.3 Å². The number of carbonyl (C=O) groups excluding carboxylic acids is 1. The summed E-state index contributed by atoms with van der Waals surface area (Å²) in [5.74, 6) is -1.76. The fourth-order valence-corrected chi connectivity index (χ4v) is 2.41. The zero-order valence-electron chi connectivity index (χ0n) is 10.5. The second-order valence-electron chi connectivity index (χ2n) is 4.16. The molecule has 104 valence electrons. The van der Waals surface area contributed by atoms with Gasteiger partial charge in [0.1, 0.15) is 11.3 Å². The number of carboxylic acid groups (broad SMARTS) is 1. The molecule has 2 aromatic rings. The average molecular weight is 291 g/mol. The van der Waals surface area contributed by atoms with Crippen molar-refractivity contribution >= 4 is 28.9 Å². The van der Waals surface area contributed by atoms with Gasteiger partial charge in [-0.2, -0.15) is 0 Å². The van der Waals surface area contributed by atoms with E-state index in [1.807, 2.05) is 17.5 Å². The number of thiophene rings is 1. The maximum Gasteiger partial charge on any atom is 0.339 e. The van der Waals surface area contributed by atoms with Gasteiger partial charge in [-0.15, -0.1) is 11.3 Å². The first-order valence-corrected chi connectivity index (χ1v) is 6.83. The monoisotopic (exact) mass is 291 g/mol. The SMILES string of the molecule is O=C(CCc1cccs1)Nc1ccc(O)c(C(=O)O)c1. The molecule has 5 nitrogen and oxygen atoms in total. The second kappa shape index (κ2) is 6.21. The molecule has 0 spiro atoms. The zero-order chi connectivity index (χ0) is 14.5. The van der Waals surface area contributed by atoms with E-state index >= 15 is 0 Å². The molecule has 0 aliphatic carbocycles. The van der Waals surface area contributed by atoms with Crippen LogP contribution in [-0.4, -0.2) is 22.1 Å². The van der Waals surface area contributed by atoms with Crippen LogP contribution in [0.1, 0.15) is 21.7 Å². The number of anilines is 1. The van der Waals surface area contributed by atoms with E-state index in [4.69, 9.17) is 5.11 Å². The van der Waals surface area contributed by atoms with Crippen LogP contribution in [0.4, 0.5) is 5.69 Å². The van der Waals surface area contributed by atoms with Crippen LogP contribution in [0.5, 0.6) is 5.75 Å². The number of nitrogens with one attached hydrogen (secondary N) is 1. The van der Waals surface area contributed by atoms with E-state index in [9.17, 15) is 14.7 Å². The number of aryl methyl sites for hydroxylation is 1. The lowest BCUT2D eigenvalue weighted by Gasteiger charge is -2.07. The number of rotatable bonds is 5. The molecule has 0 saturated carbocycles. The van der Waals surface area contributed by atoms with Gasteiger partial charge in [0.15, 0.2) is 0 Å². The van der Waals surface area contributed by atoms with Crippen LogP contribution in [0.2, 0.25) is 0 Å². The molecule has 1 aromatic carbocycles. The van der Waals surface area contributed by atoms with Crippen molar-refractivity contribution in [1.82, 2.24) is 0 Å².